The van der Waals surface area contributed by atoms with Crippen LogP contribution in [0.4, 0.5) is 0 Å². The van der Waals surface area contributed by atoms with Crippen molar-refractivity contribution in [2.75, 3.05) is 53.3 Å². The van der Waals surface area contributed by atoms with Crippen LogP contribution in [0.2, 0.25) is 0 Å². The molecule has 2 N–H and O–H groups in total. The summed E-state index contributed by atoms with van der Waals surface area (Å²) in [5, 5.41) is 0. The summed E-state index contributed by atoms with van der Waals surface area (Å²) >= 11 is 3.50. The van der Waals surface area contributed by atoms with Crippen molar-refractivity contribution < 1.29 is 18.9 Å². The Morgan fingerprint density at radius 3 is 2.29 bits per heavy atom. The fourth-order valence-electron chi connectivity index (χ4n) is 1.66. The summed E-state index contributed by atoms with van der Waals surface area (Å²) in [6.07, 6.45) is 0.866. The van der Waals surface area contributed by atoms with E-state index in [2.05, 4.69) is 15.9 Å². The topological polar surface area (TPSA) is 62.9 Å². The molecular weight excluding hydrogens is 338 g/mol. The van der Waals surface area contributed by atoms with Gasteiger partial charge in [0.2, 0.25) is 0 Å². The summed E-state index contributed by atoms with van der Waals surface area (Å²) in [7, 11) is 1.65. The van der Waals surface area contributed by atoms with E-state index in [1.807, 2.05) is 18.2 Å². The monoisotopic (exact) mass is 361 g/mol. The van der Waals surface area contributed by atoms with Crippen LogP contribution in [0, 0.1) is 0 Å². The van der Waals surface area contributed by atoms with Crippen molar-refractivity contribution in [2.24, 2.45) is 5.73 Å². The SMILES string of the molecule is COCCOCCOCCOc1ccc(CCN)cc1Br. The van der Waals surface area contributed by atoms with Gasteiger partial charge in [-0.3, -0.25) is 0 Å². The second-order valence-corrected chi connectivity index (χ2v) is 5.22. The summed E-state index contributed by atoms with van der Waals surface area (Å²) in [5.74, 6) is 0.815. The molecule has 0 saturated heterocycles. The van der Waals surface area contributed by atoms with Gasteiger partial charge in [-0.25, -0.2) is 0 Å². The molecule has 120 valence electrons. The molecule has 0 fully saturated rings. The van der Waals surface area contributed by atoms with Crippen LogP contribution in [0.3, 0.4) is 0 Å². The van der Waals surface area contributed by atoms with Crippen molar-refractivity contribution in [1.29, 1.82) is 0 Å². The van der Waals surface area contributed by atoms with Crippen molar-refractivity contribution >= 4 is 15.9 Å². The van der Waals surface area contributed by atoms with E-state index in [4.69, 9.17) is 24.7 Å². The van der Waals surface area contributed by atoms with Gasteiger partial charge in [-0.1, -0.05) is 6.07 Å². The van der Waals surface area contributed by atoms with E-state index in [1.54, 1.807) is 7.11 Å². The number of benzene rings is 1. The smallest absolute Gasteiger partial charge is 0.133 e. The van der Waals surface area contributed by atoms with Crippen LogP contribution in [0.1, 0.15) is 5.56 Å². The Morgan fingerprint density at radius 1 is 1.00 bits per heavy atom. The minimum absolute atomic E-state index is 0.507. The third-order valence-electron chi connectivity index (χ3n) is 2.72. The van der Waals surface area contributed by atoms with Crippen molar-refractivity contribution in [2.45, 2.75) is 6.42 Å². The Hall–Kier alpha value is -0.660. The molecule has 0 bridgehead atoms. The summed E-state index contributed by atoms with van der Waals surface area (Å²) in [4.78, 5) is 0. The van der Waals surface area contributed by atoms with Crippen LogP contribution in [0.5, 0.6) is 5.75 Å². The van der Waals surface area contributed by atoms with Gasteiger partial charge in [-0.15, -0.1) is 0 Å². The van der Waals surface area contributed by atoms with Crippen molar-refractivity contribution in [1.82, 2.24) is 0 Å². The quantitative estimate of drug-likeness (QED) is 0.577. The van der Waals surface area contributed by atoms with Crippen molar-refractivity contribution in [3.05, 3.63) is 28.2 Å². The summed E-state index contributed by atoms with van der Waals surface area (Å²) in [5.41, 5.74) is 6.73. The lowest BCUT2D eigenvalue weighted by molar-refractivity contribution is 0.0179. The second-order valence-electron chi connectivity index (χ2n) is 4.37. The minimum Gasteiger partial charge on any atom is -0.490 e. The average molecular weight is 362 g/mol. The largest absolute Gasteiger partial charge is 0.490 e. The first-order valence-electron chi connectivity index (χ1n) is 7.03. The van der Waals surface area contributed by atoms with Gasteiger partial charge in [0.15, 0.2) is 0 Å². The molecule has 0 aliphatic carbocycles. The number of methoxy groups -OCH3 is 1. The van der Waals surface area contributed by atoms with E-state index < -0.39 is 0 Å². The molecule has 0 amide bonds. The Kier molecular flexibility index (Phi) is 10.5. The second kappa shape index (κ2) is 11.9. The predicted octanol–water partition coefficient (Wildman–Crippen LogP) is 2.01. The lowest BCUT2D eigenvalue weighted by Gasteiger charge is -2.10. The van der Waals surface area contributed by atoms with Gasteiger partial charge in [-0.05, 0) is 46.6 Å². The number of halogens is 1. The van der Waals surface area contributed by atoms with E-state index in [1.165, 1.54) is 5.56 Å². The van der Waals surface area contributed by atoms with Crippen molar-refractivity contribution in [3.63, 3.8) is 0 Å². The molecule has 21 heavy (non-hydrogen) atoms. The number of ether oxygens (including phenoxy) is 4. The molecular formula is C15H24BrNO4. The Morgan fingerprint density at radius 2 is 1.67 bits per heavy atom. The lowest BCUT2D eigenvalue weighted by Crippen LogP contribution is -2.12. The zero-order chi connectivity index (χ0) is 15.3. The first-order chi connectivity index (χ1) is 10.3. The molecule has 0 radical (unpaired) electrons. The van der Waals surface area contributed by atoms with Crippen LogP contribution < -0.4 is 10.5 Å². The van der Waals surface area contributed by atoms with E-state index in [9.17, 15) is 0 Å². The van der Waals surface area contributed by atoms with Gasteiger partial charge in [0.25, 0.3) is 0 Å². The van der Waals surface area contributed by atoms with E-state index in [0.717, 1.165) is 16.6 Å². The normalized spacial score (nSPS) is 10.8. The maximum Gasteiger partial charge on any atom is 0.133 e. The molecule has 6 heteroatoms. The molecule has 0 saturated carbocycles. The van der Waals surface area contributed by atoms with Gasteiger partial charge in [0, 0.05) is 7.11 Å². The predicted molar refractivity (Wildman–Crippen MR) is 85.9 cm³/mol. The van der Waals surface area contributed by atoms with Crippen LogP contribution >= 0.6 is 15.9 Å². The minimum atomic E-state index is 0.507. The highest BCUT2D eigenvalue weighted by Crippen LogP contribution is 2.26. The molecule has 0 heterocycles. The number of nitrogens with two attached hydrogens (primary N) is 1. The first-order valence-corrected chi connectivity index (χ1v) is 7.83. The highest BCUT2D eigenvalue weighted by Gasteiger charge is 2.02. The van der Waals surface area contributed by atoms with Gasteiger partial charge in [0.05, 0.1) is 37.5 Å². The molecule has 5 nitrogen and oxygen atoms in total. The fraction of sp³-hybridized carbons (Fsp3) is 0.600. The summed E-state index contributed by atoms with van der Waals surface area (Å²) in [6, 6.07) is 6.01. The average Bonchev–Trinajstić information content (AvgIpc) is 2.48. The lowest BCUT2D eigenvalue weighted by atomic mass is 10.1. The van der Waals surface area contributed by atoms with Gasteiger partial charge in [-0.2, -0.15) is 0 Å². The van der Waals surface area contributed by atoms with Crippen LogP contribution in [-0.2, 0) is 20.6 Å². The first kappa shape index (κ1) is 18.4. The molecule has 0 aliphatic heterocycles. The number of rotatable bonds is 12. The van der Waals surface area contributed by atoms with E-state index in [-0.39, 0.29) is 0 Å². The van der Waals surface area contributed by atoms with Gasteiger partial charge in [0.1, 0.15) is 12.4 Å². The third kappa shape index (κ3) is 8.38. The highest BCUT2D eigenvalue weighted by molar-refractivity contribution is 9.10. The van der Waals surface area contributed by atoms with Crippen molar-refractivity contribution in [3.8, 4) is 5.75 Å². The van der Waals surface area contributed by atoms with Crippen LogP contribution in [0.25, 0.3) is 0 Å². The summed E-state index contributed by atoms with van der Waals surface area (Å²) < 4.78 is 22.2. The maximum absolute atomic E-state index is 5.65. The van der Waals surface area contributed by atoms with E-state index in [0.29, 0.717) is 46.2 Å². The maximum atomic E-state index is 5.65. The fourth-order valence-corrected chi connectivity index (χ4v) is 2.20. The third-order valence-corrected chi connectivity index (χ3v) is 3.34. The molecule has 1 rings (SSSR count). The summed E-state index contributed by atoms with van der Waals surface area (Å²) in [6.45, 7) is 4.02. The van der Waals surface area contributed by atoms with Crippen LogP contribution in [0.15, 0.2) is 22.7 Å². The molecule has 0 atom stereocenters. The molecule has 1 aromatic rings. The van der Waals surface area contributed by atoms with Gasteiger partial charge >= 0.3 is 0 Å². The zero-order valence-corrected chi connectivity index (χ0v) is 14.1. The Labute approximate surface area is 134 Å². The number of hydrogen-bond acceptors (Lipinski definition) is 5. The molecule has 0 aliphatic rings. The van der Waals surface area contributed by atoms with Gasteiger partial charge < -0.3 is 24.7 Å². The zero-order valence-electron chi connectivity index (χ0n) is 12.5. The highest BCUT2D eigenvalue weighted by atomic mass is 79.9. The molecule has 1 aromatic carbocycles. The molecule has 0 spiro atoms. The molecule has 0 unspecified atom stereocenters. The Balaban J connectivity index is 2.10. The van der Waals surface area contributed by atoms with E-state index >= 15 is 0 Å². The number of hydrogen-bond donors (Lipinski definition) is 1. The van der Waals surface area contributed by atoms with Crippen LogP contribution in [-0.4, -0.2) is 53.3 Å². The standard InChI is InChI=1S/C15H24BrNO4/c1-18-6-7-19-8-9-20-10-11-21-15-3-2-13(4-5-17)12-14(15)16/h2-3,12H,4-11,17H2,1H3. The molecule has 0 aromatic heterocycles. The Bertz CT molecular complexity index is 390.